The third kappa shape index (κ3) is 3.81. The molecule has 0 radical (unpaired) electrons. The van der Waals surface area contributed by atoms with Gasteiger partial charge < -0.3 is 20.1 Å². The molecule has 4 heterocycles. The number of rotatable bonds is 2. The Balaban J connectivity index is 0.00000196. The number of hydrogen-bond acceptors (Lipinski definition) is 4. The van der Waals surface area contributed by atoms with Crippen molar-refractivity contribution in [2.75, 3.05) is 26.7 Å². The number of piperidine rings is 1. The van der Waals surface area contributed by atoms with Crippen LogP contribution < -0.4 is 10.6 Å². The topological polar surface area (TPSA) is 87.4 Å². The molecule has 0 saturated carbocycles. The van der Waals surface area contributed by atoms with Crippen LogP contribution in [0.3, 0.4) is 0 Å². The molecule has 8 nitrogen and oxygen atoms in total. The highest BCUT2D eigenvalue weighted by Crippen LogP contribution is 2.36. The van der Waals surface area contributed by atoms with Gasteiger partial charge in [0.15, 0.2) is 11.8 Å². The zero-order chi connectivity index (χ0) is 17.3. The molecular formula is C17H28IN7O. The number of amides is 1. The van der Waals surface area contributed by atoms with Gasteiger partial charge in [0.1, 0.15) is 5.82 Å². The number of guanidine groups is 1. The van der Waals surface area contributed by atoms with E-state index in [-0.39, 0.29) is 35.3 Å². The standard InChI is InChI=1S/C17H27N7O.HI/c1-18-16(19-10-14-22-21-13-5-2-3-8-24(13)14)23-7-4-6-17(12-23)9-15(25)20-11-17;/h2-12H2,1H3,(H,18,19)(H,20,25);1H. The van der Waals surface area contributed by atoms with Crippen LogP contribution >= 0.6 is 24.0 Å². The summed E-state index contributed by atoms with van der Waals surface area (Å²) in [5, 5.41) is 15.1. The number of aromatic nitrogens is 3. The Morgan fingerprint density at radius 3 is 2.96 bits per heavy atom. The van der Waals surface area contributed by atoms with E-state index in [0.717, 1.165) is 63.0 Å². The first kappa shape index (κ1) is 19.4. The molecule has 2 saturated heterocycles. The van der Waals surface area contributed by atoms with Crippen LogP contribution in [0.5, 0.6) is 0 Å². The molecule has 2 N–H and O–H groups in total. The van der Waals surface area contributed by atoms with Gasteiger partial charge in [-0.05, 0) is 25.7 Å². The van der Waals surface area contributed by atoms with E-state index >= 15 is 0 Å². The average Bonchev–Trinajstić information content (AvgIpc) is 3.20. The smallest absolute Gasteiger partial charge is 0.220 e. The lowest BCUT2D eigenvalue weighted by Gasteiger charge is -2.40. The van der Waals surface area contributed by atoms with Gasteiger partial charge in [-0.3, -0.25) is 9.79 Å². The van der Waals surface area contributed by atoms with E-state index in [1.54, 1.807) is 0 Å². The summed E-state index contributed by atoms with van der Waals surface area (Å²) in [7, 11) is 1.82. The lowest BCUT2D eigenvalue weighted by atomic mass is 9.79. The Bertz CT molecular complexity index is 689. The predicted molar refractivity (Wildman–Crippen MR) is 109 cm³/mol. The van der Waals surface area contributed by atoms with Crippen molar-refractivity contribution in [3.05, 3.63) is 11.6 Å². The van der Waals surface area contributed by atoms with Crippen LogP contribution in [0, 0.1) is 5.41 Å². The van der Waals surface area contributed by atoms with Gasteiger partial charge in [0.25, 0.3) is 0 Å². The van der Waals surface area contributed by atoms with Crippen LogP contribution in [-0.2, 0) is 24.3 Å². The predicted octanol–water partition coefficient (Wildman–Crippen LogP) is 0.910. The fourth-order valence-electron chi connectivity index (χ4n) is 4.42. The molecule has 1 unspecified atom stereocenters. The summed E-state index contributed by atoms with van der Waals surface area (Å²) in [6, 6.07) is 0. The summed E-state index contributed by atoms with van der Waals surface area (Å²) in [5.74, 6) is 3.16. The SMILES string of the molecule is CN=C(NCc1nnc2n1CCCC2)N1CCCC2(CNC(=O)C2)C1.I. The lowest BCUT2D eigenvalue weighted by Crippen LogP contribution is -2.51. The molecule has 4 rings (SSSR count). The maximum Gasteiger partial charge on any atom is 0.220 e. The minimum Gasteiger partial charge on any atom is -0.355 e. The van der Waals surface area contributed by atoms with Crippen molar-refractivity contribution < 1.29 is 4.79 Å². The van der Waals surface area contributed by atoms with Crippen LogP contribution in [0.15, 0.2) is 4.99 Å². The molecule has 144 valence electrons. The highest BCUT2D eigenvalue weighted by Gasteiger charge is 2.42. The Kier molecular flexibility index (Phi) is 6.03. The highest BCUT2D eigenvalue weighted by molar-refractivity contribution is 14.0. The summed E-state index contributed by atoms with van der Waals surface area (Å²) in [6.45, 7) is 4.30. The van der Waals surface area contributed by atoms with Crippen LogP contribution in [0.2, 0.25) is 0 Å². The van der Waals surface area contributed by atoms with Crippen LogP contribution in [0.4, 0.5) is 0 Å². The van der Waals surface area contributed by atoms with E-state index in [1.165, 1.54) is 12.8 Å². The van der Waals surface area contributed by atoms with E-state index in [9.17, 15) is 4.79 Å². The zero-order valence-electron chi connectivity index (χ0n) is 15.3. The summed E-state index contributed by atoms with van der Waals surface area (Å²) < 4.78 is 2.24. The van der Waals surface area contributed by atoms with Gasteiger partial charge in [-0.15, -0.1) is 34.2 Å². The van der Waals surface area contributed by atoms with E-state index in [1.807, 2.05) is 7.05 Å². The van der Waals surface area contributed by atoms with Gasteiger partial charge in [-0.1, -0.05) is 0 Å². The summed E-state index contributed by atoms with van der Waals surface area (Å²) in [5.41, 5.74) is 0.0704. The average molecular weight is 473 g/mol. The van der Waals surface area contributed by atoms with Gasteiger partial charge in [-0.2, -0.15) is 0 Å². The van der Waals surface area contributed by atoms with E-state index < -0.39 is 0 Å². The maximum atomic E-state index is 11.7. The molecule has 1 aromatic rings. The van der Waals surface area contributed by atoms with Crippen LogP contribution in [0.1, 0.15) is 43.8 Å². The first-order chi connectivity index (χ1) is 12.2. The molecule has 3 aliphatic heterocycles. The maximum absolute atomic E-state index is 11.7. The van der Waals surface area contributed by atoms with Gasteiger partial charge in [-0.25, -0.2) is 0 Å². The van der Waals surface area contributed by atoms with E-state index in [0.29, 0.717) is 13.0 Å². The number of aryl methyl sites for hydroxylation is 1. The third-order valence-electron chi connectivity index (χ3n) is 5.71. The number of nitrogens with zero attached hydrogens (tertiary/aromatic N) is 5. The summed E-state index contributed by atoms with van der Waals surface area (Å²) in [6.07, 6.45) is 6.26. The van der Waals surface area contributed by atoms with E-state index in [4.69, 9.17) is 0 Å². The normalized spacial score (nSPS) is 25.7. The molecule has 1 aromatic heterocycles. The Labute approximate surface area is 171 Å². The van der Waals surface area contributed by atoms with Crippen molar-refractivity contribution in [3.63, 3.8) is 0 Å². The Hall–Kier alpha value is -1.39. The zero-order valence-corrected chi connectivity index (χ0v) is 17.7. The number of halogens is 1. The number of aliphatic imine (C=N–C) groups is 1. The molecule has 2 fully saturated rings. The summed E-state index contributed by atoms with van der Waals surface area (Å²) in [4.78, 5) is 18.4. The monoisotopic (exact) mass is 473 g/mol. The molecule has 9 heteroatoms. The Morgan fingerprint density at radius 1 is 1.31 bits per heavy atom. The number of fused-ring (bicyclic) bond motifs is 1. The highest BCUT2D eigenvalue weighted by atomic mass is 127. The number of carbonyl (C=O) groups is 1. The fourth-order valence-corrected chi connectivity index (χ4v) is 4.42. The van der Waals surface area contributed by atoms with Crippen molar-refractivity contribution in [3.8, 4) is 0 Å². The van der Waals surface area contributed by atoms with E-state index in [2.05, 4.69) is 35.3 Å². The molecule has 0 bridgehead atoms. The largest absolute Gasteiger partial charge is 0.355 e. The quantitative estimate of drug-likeness (QED) is 0.379. The third-order valence-corrected chi connectivity index (χ3v) is 5.71. The summed E-state index contributed by atoms with van der Waals surface area (Å²) >= 11 is 0. The molecule has 1 amide bonds. The minimum atomic E-state index is 0. The second-order valence-corrected chi connectivity index (χ2v) is 7.52. The van der Waals surface area contributed by atoms with Crippen molar-refractivity contribution in [2.24, 2.45) is 10.4 Å². The molecule has 0 aliphatic carbocycles. The molecule has 1 spiro atoms. The molecule has 3 aliphatic rings. The van der Waals surface area contributed by atoms with Gasteiger partial charge in [0, 0.05) is 51.5 Å². The van der Waals surface area contributed by atoms with Gasteiger partial charge in [0.2, 0.25) is 5.91 Å². The van der Waals surface area contributed by atoms with Crippen molar-refractivity contribution in [1.82, 2.24) is 30.3 Å². The first-order valence-electron chi connectivity index (χ1n) is 9.32. The molecule has 0 aromatic carbocycles. The Morgan fingerprint density at radius 2 is 2.19 bits per heavy atom. The van der Waals surface area contributed by atoms with Crippen molar-refractivity contribution >= 4 is 35.8 Å². The van der Waals surface area contributed by atoms with Gasteiger partial charge >= 0.3 is 0 Å². The van der Waals surface area contributed by atoms with Crippen LogP contribution in [-0.4, -0.2) is 58.2 Å². The lowest BCUT2D eigenvalue weighted by molar-refractivity contribution is -0.119. The second-order valence-electron chi connectivity index (χ2n) is 7.52. The first-order valence-corrected chi connectivity index (χ1v) is 9.32. The minimum absolute atomic E-state index is 0. The van der Waals surface area contributed by atoms with Crippen molar-refractivity contribution in [1.29, 1.82) is 0 Å². The van der Waals surface area contributed by atoms with Crippen LogP contribution in [0.25, 0.3) is 0 Å². The fraction of sp³-hybridized carbons (Fsp3) is 0.765. The number of hydrogen-bond donors (Lipinski definition) is 2. The number of nitrogens with one attached hydrogen (secondary N) is 2. The number of carbonyl (C=O) groups excluding carboxylic acids is 1. The van der Waals surface area contributed by atoms with Crippen molar-refractivity contribution in [2.45, 2.75) is 51.6 Å². The molecule has 26 heavy (non-hydrogen) atoms. The second kappa shape index (κ2) is 8.10. The molecular weight excluding hydrogens is 445 g/mol. The molecule has 1 atom stereocenters. The number of likely N-dealkylation sites (tertiary alicyclic amines) is 1. The van der Waals surface area contributed by atoms with Gasteiger partial charge in [0.05, 0.1) is 6.54 Å².